The highest BCUT2D eigenvalue weighted by Crippen LogP contribution is 2.23. The third-order valence-corrected chi connectivity index (χ3v) is 3.00. The Hall–Kier alpha value is -2.60. The molecule has 0 aliphatic carbocycles. The van der Waals surface area contributed by atoms with E-state index in [0.29, 0.717) is 5.56 Å². The summed E-state index contributed by atoms with van der Waals surface area (Å²) in [5.41, 5.74) is 2.81. The number of rotatable bonds is 4. The van der Waals surface area contributed by atoms with E-state index in [1.165, 1.54) is 0 Å². The van der Waals surface area contributed by atoms with Crippen molar-refractivity contribution in [2.24, 2.45) is 0 Å². The molecule has 0 radical (unpaired) electrons. The highest BCUT2D eigenvalue weighted by molar-refractivity contribution is 5.81. The van der Waals surface area contributed by atoms with Crippen LogP contribution < -0.4 is 0 Å². The van der Waals surface area contributed by atoms with E-state index in [1.54, 1.807) is 19.1 Å². The Labute approximate surface area is 118 Å². The largest absolute Gasteiger partial charge is 0.465 e. The quantitative estimate of drug-likeness (QED) is 0.795. The molecule has 0 fully saturated rings. The molecule has 0 heterocycles. The van der Waals surface area contributed by atoms with Gasteiger partial charge in [-0.15, -0.1) is 0 Å². The summed E-state index contributed by atoms with van der Waals surface area (Å²) < 4.78 is 4.90. The van der Waals surface area contributed by atoms with Crippen LogP contribution in [0.25, 0.3) is 11.1 Å². The Morgan fingerprint density at radius 3 is 2.25 bits per heavy atom. The minimum Gasteiger partial charge on any atom is -0.465 e. The number of carbonyl (C=O) groups is 1. The summed E-state index contributed by atoms with van der Waals surface area (Å²) in [6.45, 7) is 2.00. The molecular weight excluding hydrogens is 250 g/mol. The maximum Gasteiger partial charge on any atom is 0.327 e. The number of carbonyl (C=O) groups excluding carboxylic acids is 1. The predicted octanol–water partition coefficient (Wildman–Crippen LogP) is 3.52. The first-order valence-electron chi connectivity index (χ1n) is 6.48. The van der Waals surface area contributed by atoms with Gasteiger partial charge >= 0.3 is 5.97 Å². The molecule has 0 aliphatic rings. The monoisotopic (exact) mass is 265 g/mol. The highest BCUT2D eigenvalue weighted by atomic mass is 16.5. The van der Waals surface area contributed by atoms with E-state index in [2.05, 4.69) is 0 Å². The van der Waals surface area contributed by atoms with Crippen LogP contribution in [0.3, 0.4) is 0 Å². The van der Waals surface area contributed by atoms with Crippen LogP contribution in [0.2, 0.25) is 0 Å². The molecule has 1 atom stereocenters. The van der Waals surface area contributed by atoms with Crippen LogP contribution in [0.15, 0.2) is 54.6 Å². The molecule has 100 valence electrons. The van der Waals surface area contributed by atoms with E-state index >= 15 is 0 Å². The van der Waals surface area contributed by atoms with Crippen LogP contribution in [0.5, 0.6) is 0 Å². The zero-order valence-electron chi connectivity index (χ0n) is 11.2. The summed E-state index contributed by atoms with van der Waals surface area (Å²) in [7, 11) is 0. The minimum absolute atomic E-state index is 0.277. The second-order valence-corrected chi connectivity index (χ2v) is 4.30. The van der Waals surface area contributed by atoms with Gasteiger partial charge < -0.3 is 4.74 Å². The topological polar surface area (TPSA) is 50.1 Å². The normalized spacial score (nSPS) is 11.4. The lowest BCUT2D eigenvalue weighted by Crippen LogP contribution is -2.14. The Morgan fingerprint density at radius 1 is 1.10 bits per heavy atom. The first-order valence-corrected chi connectivity index (χ1v) is 6.48. The van der Waals surface area contributed by atoms with Crippen molar-refractivity contribution in [3.8, 4) is 17.2 Å². The van der Waals surface area contributed by atoms with Crippen LogP contribution in [0, 0.1) is 11.3 Å². The first-order chi connectivity index (χ1) is 9.76. The van der Waals surface area contributed by atoms with Crippen molar-refractivity contribution in [1.29, 1.82) is 5.26 Å². The van der Waals surface area contributed by atoms with Crippen molar-refractivity contribution in [3.63, 3.8) is 0 Å². The van der Waals surface area contributed by atoms with Gasteiger partial charge in [0, 0.05) is 0 Å². The van der Waals surface area contributed by atoms with E-state index in [1.807, 2.05) is 48.5 Å². The zero-order valence-corrected chi connectivity index (χ0v) is 11.2. The molecule has 0 saturated carbocycles. The molecule has 2 aromatic carbocycles. The van der Waals surface area contributed by atoms with E-state index in [9.17, 15) is 4.79 Å². The number of ether oxygens (including phenoxy) is 1. The minimum atomic E-state index is -0.861. The van der Waals surface area contributed by atoms with Crippen LogP contribution in [-0.2, 0) is 9.53 Å². The van der Waals surface area contributed by atoms with E-state index in [-0.39, 0.29) is 6.61 Å². The molecule has 0 amide bonds. The van der Waals surface area contributed by atoms with E-state index in [0.717, 1.165) is 11.1 Å². The standard InChI is InChI=1S/C17H15NO2/c1-2-20-17(19)16(12-18)15-10-8-14(9-11-15)13-6-4-3-5-7-13/h3-11,16H,2H2,1H3/t16-/m0/s1. The number of benzene rings is 2. The Balaban J connectivity index is 2.24. The molecule has 0 N–H and O–H groups in total. The van der Waals surface area contributed by atoms with Crippen LogP contribution >= 0.6 is 0 Å². The smallest absolute Gasteiger partial charge is 0.327 e. The third kappa shape index (κ3) is 3.04. The summed E-state index contributed by atoms with van der Waals surface area (Å²) in [5, 5.41) is 9.11. The van der Waals surface area contributed by atoms with E-state index < -0.39 is 11.9 Å². The molecule has 2 rings (SSSR count). The van der Waals surface area contributed by atoms with Gasteiger partial charge in [0.2, 0.25) is 0 Å². The molecule has 0 unspecified atom stereocenters. The number of hydrogen-bond donors (Lipinski definition) is 0. The molecule has 3 heteroatoms. The van der Waals surface area contributed by atoms with Crippen molar-refractivity contribution >= 4 is 5.97 Å². The SMILES string of the molecule is CCOC(=O)[C@@H](C#N)c1ccc(-c2ccccc2)cc1. The summed E-state index contributed by atoms with van der Waals surface area (Å²) in [6.07, 6.45) is 0. The molecule has 0 aromatic heterocycles. The van der Waals surface area contributed by atoms with Crippen molar-refractivity contribution in [2.75, 3.05) is 6.61 Å². The number of hydrogen-bond acceptors (Lipinski definition) is 3. The van der Waals surface area contributed by atoms with Crippen molar-refractivity contribution in [2.45, 2.75) is 12.8 Å². The molecular formula is C17H15NO2. The van der Waals surface area contributed by atoms with E-state index in [4.69, 9.17) is 10.00 Å². The summed E-state index contributed by atoms with van der Waals surface area (Å²) in [5.74, 6) is -1.36. The van der Waals surface area contributed by atoms with Crippen LogP contribution in [0.1, 0.15) is 18.4 Å². The fourth-order valence-electron chi connectivity index (χ4n) is 1.99. The van der Waals surface area contributed by atoms with Gasteiger partial charge in [-0.1, -0.05) is 54.6 Å². The fraction of sp³-hybridized carbons (Fsp3) is 0.176. The molecule has 0 bridgehead atoms. The van der Waals surface area contributed by atoms with Gasteiger partial charge in [-0.25, -0.2) is 0 Å². The van der Waals surface area contributed by atoms with Gasteiger partial charge in [0.05, 0.1) is 12.7 Å². The summed E-state index contributed by atoms with van der Waals surface area (Å²) in [4.78, 5) is 11.7. The van der Waals surface area contributed by atoms with Gasteiger partial charge in [0.25, 0.3) is 0 Å². The first kappa shape index (κ1) is 13.8. The summed E-state index contributed by atoms with van der Waals surface area (Å²) >= 11 is 0. The molecule has 0 saturated heterocycles. The maximum absolute atomic E-state index is 11.7. The second kappa shape index (κ2) is 6.53. The van der Waals surface area contributed by atoms with Crippen molar-refractivity contribution in [1.82, 2.24) is 0 Å². The zero-order chi connectivity index (χ0) is 14.4. The van der Waals surface area contributed by atoms with Crippen LogP contribution in [0.4, 0.5) is 0 Å². The molecule has 3 nitrogen and oxygen atoms in total. The van der Waals surface area contributed by atoms with Gasteiger partial charge in [0.1, 0.15) is 0 Å². The average molecular weight is 265 g/mol. The van der Waals surface area contributed by atoms with Crippen LogP contribution in [-0.4, -0.2) is 12.6 Å². The summed E-state index contributed by atoms with van der Waals surface area (Å²) in [6, 6.07) is 19.3. The lowest BCUT2D eigenvalue weighted by atomic mass is 9.97. The van der Waals surface area contributed by atoms with Gasteiger partial charge in [-0.3, -0.25) is 4.79 Å². The number of nitrogens with zero attached hydrogens (tertiary/aromatic N) is 1. The van der Waals surface area contributed by atoms with Gasteiger partial charge in [-0.05, 0) is 23.6 Å². The number of nitriles is 1. The maximum atomic E-state index is 11.7. The molecule has 0 aliphatic heterocycles. The Morgan fingerprint density at radius 2 is 1.70 bits per heavy atom. The van der Waals surface area contributed by atoms with Crippen molar-refractivity contribution in [3.05, 3.63) is 60.2 Å². The fourth-order valence-corrected chi connectivity index (χ4v) is 1.99. The highest BCUT2D eigenvalue weighted by Gasteiger charge is 2.21. The Bertz CT molecular complexity index is 612. The Kier molecular flexibility index (Phi) is 4.52. The third-order valence-electron chi connectivity index (χ3n) is 3.00. The van der Waals surface area contributed by atoms with Gasteiger partial charge in [-0.2, -0.15) is 5.26 Å². The molecule has 2 aromatic rings. The van der Waals surface area contributed by atoms with Crippen molar-refractivity contribution < 1.29 is 9.53 Å². The second-order valence-electron chi connectivity index (χ2n) is 4.30. The van der Waals surface area contributed by atoms with Gasteiger partial charge in [0.15, 0.2) is 5.92 Å². The lowest BCUT2D eigenvalue weighted by molar-refractivity contribution is -0.143. The predicted molar refractivity (Wildman–Crippen MR) is 76.9 cm³/mol. The molecule has 20 heavy (non-hydrogen) atoms. The molecule has 0 spiro atoms. The number of esters is 1. The average Bonchev–Trinajstić information content (AvgIpc) is 2.50. The lowest BCUT2D eigenvalue weighted by Gasteiger charge is -2.09.